The molecule has 0 amide bonds. The van der Waals surface area contributed by atoms with Crippen molar-refractivity contribution in [1.82, 2.24) is 10.2 Å². The summed E-state index contributed by atoms with van der Waals surface area (Å²) in [5.74, 6) is 0. The van der Waals surface area contributed by atoms with Crippen LogP contribution in [0, 0.1) is 5.41 Å². The predicted octanol–water partition coefficient (Wildman–Crippen LogP) is 1.50. The van der Waals surface area contributed by atoms with Crippen LogP contribution in [0.25, 0.3) is 0 Å². The molecule has 0 spiro atoms. The van der Waals surface area contributed by atoms with Crippen LogP contribution in [-0.4, -0.2) is 62.5 Å². The summed E-state index contributed by atoms with van der Waals surface area (Å²) in [4.78, 5) is 2.57. The quantitative estimate of drug-likeness (QED) is 0.839. The minimum Gasteiger partial charge on any atom is -0.381 e. The highest BCUT2D eigenvalue weighted by atomic mass is 16.5. The molecule has 2 fully saturated rings. The largest absolute Gasteiger partial charge is 0.381 e. The molecule has 4 nitrogen and oxygen atoms in total. The van der Waals surface area contributed by atoms with Gasteiger partial charge in [0.25, 0.3) is 0 Å². The van der Waals surface area contributed by atoms with E-state index in [2.05, 4.69) is 37.9 Å². The van der Waals surface area contributed by atoms with Crippen molar-refractivity contribution >= 4 is 0 Å². The van der Waals surface area contributed by atoms with Crippen molar-refractivity contribution in [2.45, 2.75) is 45.7 Å². The second-order valence-electron chi connectivity index (χ2n) is 7.30. The van der Waals surface area contributed by atoms with Gasteiger partial charge >= 0.3 is 0 Å². The zero-order valence-electron chi connectivity index (χ0n) is 13.0. The molecule has 2 atom stereocenters. The topological polar surface area (TPSA) is 33.7 Å². The van der Waals surface area contributed by atoms with E-state index in [0.717, 1.165) is 46.1 Å². The van der Waals surface area contributed by atoms with E-state index in [4.69, 9.17) is 9.47 Å². The second-order valence-corrected chi connectivity index (χ2v) is 7.30. The lowest BCUT2D eigenvalue weighted by Gasteiger charge is -2.41. The van der Waals surface area contributed by atoms with Crippen LogP contribution in [-0.2, 0) is 9.47 Å². The van der Waals surface area contributed by atoms with Crippen LogP contribution in [0.4, 0.5) is 0 Å². The Hall–Kier alpha value is -0.160. The highest BCUT2D eigenvalue weighted by Gasteiger charge is 2.38. The summed E-state index contributed by atoms with van der Waals surface area (Å²) in [6.07, 6.45) is 1.17. The van der Waals surface area contributed by atoms with E-state index in [-0.39, 0.29) is 11.0 Å². The maximum Gasteiger partial charge on any atom is 0.0619 e. The molecular formula is C15H30N2O2. The van der Waals surface area contributed by atoms with Gasteiger partial charge in [0.2, 0.25) is 0 Å². The molecule has 2 unspecified atom stereocenters. The van der Waals surface area contributed by atoms with E-state index in [0.29, 0.717) is 6.04 Å². The zero-order valence-corrected chi connectivity index (χ0v) is 13.0. The van der Waals surface area contributed by atoms with Gasteiger partial charge in [-0.1, -0.05) is 0 Å². The average molecular weight is 270 g/mol. The first-order chi connectivity index (χ1) is 8.90. The van der Waals surface area contributed by atoms with E-state index in [1.54, 1.807) is 0 Å². The number of morpholine rings is 1. The third-order valence-corrected chi connectivity index (χ3v) is 4.22. The van der Waals surface area contributed by atoms with Gasteiger partial charge in [-0.2, -0.15) is 0 Å². The fraction of sp³-hybridized carbons (Fsp3) is 1.00. The monoisotopic (exact) mass is 270 g/mol. The summed E-state index contributed by atoms with van der Waals surface area (Å²) >= 11 is 0. The molecule has 2 rings (SSSR count). The van der Waals surface area contributed by atoms with Gasteiger partial charge in [-0.3, -0.25) is 4.90 Å². The van der Waals surface area contributed by atoms with Gasteiger partial charge in [0.1, 0.15) is 0 Å². The highest BCUT2D eigenvalue weighted by molar-refractivity contribution is 4.92. The lowest BCUT2D eigenvalue weighted by Crippen LogP contribution is -2.53. The number of rotatable bonds is 4. The van der Waals surface area contributed by atoms with Gasteiger partial charge in [0.15, 0.2) is 0 Å². The minimum atomic E-state index is 0.173. The third kappa shape index (κ3) is 4.42. The lowest BCUT2D eigenvalue weighted by atomic mass is 9.85. The Morgan fingerprint density at radius 3 is 2.63 bits per heavy atom. The van der Waals surface area contributed by atoms with Crippen molar-refractivity contribution in [2.75, 3.05) is 46.1 Å². The van der Waals surface area contributed by atoms with Gasteiger partial charge in [0.05, 0.1) is 19.8 Å². The fourth-order valence-electron chi connectivity index (χ4n) is 2.85. The van der Waals surface area contributed by atoms with Gasteiger partial charge in [-0.05, 0) is 34.1 Å². The van der Waals surface area contributed by atoms with E-state index >= 15 is 0 Å². The van der Waals surface area contributed by atoms with Crippen molar-refractivity contribution in [3.8, 4) is 0 Å². The Kier molecular flexibility index (Phi) is 4.88. The van der Waals surface area contributed by atoms with Crippen molar-refractivity contribution in [3.63, 3.8) is 0 Å². The molecule has 1 N–H and O–H groups in total. The van der Waals surface area contributed by atoms with E-state index in [1.807, 2.05) is 0 Å². The predicted molar refractivity (Wildman–Crippen MR) is 77.5 cm³/mol. The molecule has 2 heterocycles. The van der Waals surface area contributed by atoms with Crippen LogP contribution in [0.15, 0.2) is 0 Å². The Morgan fingerprint density at radius 2 is 2.05 bits per heavy atom. The molecule has 2 saturated heterocycles. The van der Waals surface area contributed by atoms with Crippen LogP contribution in [0.1, 0.15) is 34.1 Å². The van der Waals surface area contributed by atoms with Crippen LogP contribution in [0.5, 0.6) is 0 Å². The molecule has 19 heavy (non-hydrogen) atoms. The number of nitrogens with zero attached hydrogens (tertiary/aromatic N) is 1. The first-order valence-corrected chi connectivity index (χ1v) is 7.55. The Morgan fingerprint density at radius 1 is 1.26 bits per heavy atom. The average Bonchev–Trinajstić information content (AvgIpc) is 2.78. The van der Waals surface area contributed by atoms with Crippen molar-refractivity contribution in [3.05, 3.63) is 0 Å². The number of hydrogen-bond donors (Lipinski definition) is 1. The summed E-state index contributed by atoms with van der Waals surface area (Å²) in [5.41, 5.74) is 0.449. The number of hydrogen-bond acceptors (Lipinski definition) is 4. The summed E-state index contributed by atoms with van der Waals surface area (Å²) < 4.78 is 11.2. The maximum absolute atomic E-state index is 5.70. The molecule has 0 aromatic rings. The molecule has 0 aliphatic carbocycles. The zero-order chi connectivity index (χ0) is 13.9. The molecule has 0 radical (unpaired) electrons. The van der Waals surface area contributed by atoms with Crippen LogP contribution < -0.4 is 5.32 Å². The van der Waals surface area contributed by atoms with Gasteiger partial charge in [-0.15, -0.1) is 0 Å². The maximum atomic E-state index is 5.70. The van der Waals surface area contributed by atoms with E-state index in [1.165, 1.54) is 6.42 Å². The van der Waals surface area contributed by atoms with Crippen molar-refractivity contribution < 1.29 is 9.47 Å². The third-order valence-electron chi connectivity index (χ3n) is 4.22. The first kappa shape index (κ1) is 15.2. The Labute approximate surface area is 117 Å². The number of ether oxygens (including phenoxy) is 2. The van der Waals surface area contributed by atoms with E-state index in [9.17, 15) is 0 Å². The van der Waals surface area contributed by atoms with Crippen molar-refractivity contribution in [1.29, 1.82) is 0 Å². The molecule has 2 aliphatic heterocycles. The summed E-state index contributed by atoms with van der Waals surface area (Å²) in [5, 5.41) is 3.67. The molecule has 2 aliphatic rings. The van der Waals surface area contributed by atoms with E-state index < -0.39 is 0 Å². The molecule has 0 aromatic heterocycles. The summed E-state index contributed by atoms with van der Waals surface area (Å²) in [7, 11) is 0. The van der Waals surface area contributed by atoms with Crippen LogP contribution in [0.2, 0.25) is 0 Å². The van der Waals surface area contributed by atoms with Crippen LogP contribution >= 0.6 is 0 Å². The molecule has 112 valence electrons. The standard InChI is InChI=1S/C15H30N2O2/c1-13-9-18-8-6-17(13)11-15(5-7-19-12-15)10-16-14(2,3)4/h13,16H,5-12H2,1-4H3. The molecular weight excluding hydrogens is 240 g/mol. The number of nitrogens with one attached hydrogen (secondary N) is 1. The summed E-state index contributed by atoms with van der Waals surface area (Å²) in [6.45, 7) is 15.7. The van der Waals surface area contributed by atoms with Gasteiger partial charge in [0, 0.05) is 43.2 Å². The normalized spacial score (nSPS) is 33.8. The second kappa shape index (κ2) is 6.08. The van der Waals surface area contributed by atoms with Gasteiger partial charge < -0.3 is 14.8 Å². The van der Waals surface area contributed by atoms with Crippen molar-refractivity contribution in [2.24, 2.45) is 5.41 Å². The fourth-order valence-corrected chi connectivity index (χ4v) is 2.85. The highest BCUT2D eigenvalue weighted by Crippen LogP contribution is 2.31. The first-order valence-electron chi connectivity index (χ1n) is 7.55. The summed E-state index contributed by atoms with van der Waals surface area (Å²) in [6, 6.07) is 0.529. The molecule has 4 heteroatoms. The smallest absolute Gasteiger partial charge is 0.0619 e. The van der Waals surface area contributed by atoms with Crippen LogP contribution in [0.3, 0.4) is 0 Å². The Bertz CT molecular complexity index is 282. The van der Waals surface area contributed by atoms with Gasteiger partial charge in [-0.25, -0.2) is 0 Å². The lowest BCUT2D eigenvalue weighted by molar-refractivity contribution is -0.0227. The molecule has 0 saturated carbocycles. The molecule has 0 aromatic carbocycles. The minimum absolute atomic E-state index is 0.173. The Balaban J connectivity index is 1.94. The SMILES string of the molecule is CC1COCCN1CC1(CNC(C)(C)C)CCOC1. The molecule has 0 bridgehead atoms.